The molecule has 0 saturated heterocycles. The van der Waals surface area contributed by atoms with E-state index in [1.54, 1.807) is 0 Å². The number of alkyl halides is 3. The minimum atomic E-state index is -6.09. The first kappa shape index (κ1) is 17.6. The second-order valence-electron chi connectivity index (χ2n) is 3.69. The summed E-state index contributed by atoms with van der Waals surface area (Å²) >= 11 is 0. The van der Waals surface area contributed by atoms with E-state index >= 15 is 0 Å². The summed E-state index contributed by atoms with van der Waals surface area (Å²) in [6.07, 6.45) is -0.138. The molecule has 0 unspecified atom stereocenters. The predicted molar refractivity (Wildman–Crippen MR) is 64.2 cm³/mol. The number of aldehydes is 2. The molecule has 0 N–H and O–H groups in total. The molecule has 0 saturated carbocycles. The Morgan fingerprint density at radius 2 is 1.59 bits per heavy atom. The summed E-state index contributed by atoms with van der Waals surface area (Å²) in [5.74, 6) is -2.12. The first-order valence-electron chi connectivity index (χ1n) is 5.25. The van der Waals surface area contributed by atoms with Crippen LogP contribution in [0.3, 0.4) is 0 Å². The second kappa shape index (κ2) is 6.13. The highest BCUT2D eigenvalue weighted by Gasteiger charge is 2.49. The van der Waals surface area contributed by atoms with Gasteiger partial charge in [-0.3, -0.25) is 9.59 Å². The molecule has 0 aliphatic heterocycles. The van der Waals surface area contributed by atoms with Gasteiger partial charge in [0.25, 0.3) is 0 Å². The largest absolute Gasteiger partial charge is 0.534 e. The lowest BCUT2D eigenvalue weighted by Crippen LogP contribution is -2.29. The zero-order chi connectivity index (χ0) is 17.1. The van der Waals surface area contributed by atoms with Crippen molar-refractivity contribution in [2.45, 2.75) is 5.51 Å². The Kier molecular flexibility index (Phi) is 4.91. The maximum atomic E-state index is 12.3. The molecule has 0 radical (unpaired) electrons. The van der Waals surface area contributed by atoms with Gasteiger partial charge in [0, 0.05) is 0 Å². The summed E-state index contributed by atoms with van der Waals surface area (Å²) in [5.41, 5.74) is -7.58. The fraction of sp³-hybridized carbons (Fsp3) is 0.182. The zero-order valence-corrected chi connectivity index (χ0v) is 11.5. The number of ether oxygens (including phenoxy) is 1. The monoisotopic (exact) mass is 340 g/mol. The molecule has 0 heterocycles. The first-order valence-corrected chi connectivity index (χ1v) is 6.65. The predicted octanol–water partition coefficient (Wildman–Crippen LogP) is 1.33. The van der Waals surface area contributed by atoms with Crippen molar-refractivity contribution in [3.8, 4) is 5.75 Å². The van der Waals surface area contributed by atoms with E-state index in [0.717, 1.165) is 19.2 Å². The van der Waals surface area contributed by atoms with Crippen LogP contribution >= 0.6 is 0 Å². The average Bonchev–Trinajstić information content (AvgIpc) is 2.44. The Hall–Kier alpha value is -2.43. The van der Waals surface area contributed by atoms with Crippen molar-refractivity contribution in [3.05, 3.63) is 28.8 Å². The summed E-state index contributed by atoms with van der Waals surface area (Å²) in [7, 11) is -5.10. The highest BCUT2D eigenvalue weighted by molar-refractivity contribution is 7.88. The lowest BCUT2D eigenvalue weighted by atomic mass is 10.1. The van der Waals surface area contributed by atoms with Gasteiger partial charge < -0.3 is 8.92 Å². The van der Waals surface area contributed by atoms with Gasteiger partial charge in [-0.1, -0.05) is 0 Å². The van der Waals surface area contributed by atoms with Gasteiger partial charge in [0.05, 0.1) is 23.8 Å². The van der Waals surface area contributed by atoms with Crippen LogP contribution in [0.2, 0.25) is 0 Å². The van der Waals surface area contributed by atoms with Gasteiger partial charge in [-0.25, -0.2) is 4.79 Å². The van der Waals surface area contributed by atoms with Crippen LogP contribution in [0.25, 0.3) is 0 Å². The number of rotatable bonds is 5. The Labute approximate surface area is 121 Å². The van der Waals surface area contributed by atoms with Gasteiger partial charge in [-0.15, -0.1) is 0 Å². The van der Waals surface area contributed by atoms with Crippen molar-refractivity contribution in [1.29, 1.82) is 0 Å². The topological polar surface area (TPSA) is 104 Å². The molecule has 22 heavy (non-hydrogen) atoms. The number of methoxy groups -OCH3 is 1. The molecular formula is C11H7F3O7S. The van der Waals surface area contributed by atoms with Gasteiger partial charge in [-0.05, 0) is 12.1 Å². The molecule has 0 aliphatic carbocycles. The Balaban J connectivity index is 3.52. The van der Waals surface area contributed by atoms with E-state index in [2.05, 4.69) is 8.92 Å². The molecule has 0 aliphatic rings. The maximum Gasteiger partial charge on any atom is 0.534 e. The van der Waals surface area contributed by atoms with E-state index in [9.17, 15) is 36.0 Å². The SMILES string of the molecule is COC(=O)c1cc(C=O)c(OS(=O)(=O)C(F)(F)F)c(C=O)c1. The third-order valence-electron chi connectivity index (χ3n) is 2.30. The molecule has 0 bridgehead atoms. The number of carbonyl (C=O) groups excluding carboxylic acids is 3. The van der Waals surface area contributed by atoms with Gasteiger partial charge in [0.15, 0.2) is 18.3 Å². The molecule has 1 aromatic carbocycles. The van der Waals surface area contributed by atoms with Crippen molar-refractivity contribution < 1.29 is 44.9 Å². The van der Waals surface area contributed by atoms with Crippen LogP contribution < -0.4 is 4.18 Å². The number of hydrogen-bond donors (Lipinski definition) is 0. The van der Waals surface area contributed by atoms with E-state index in [1.807, 2.05) is 0 Å². The molecule has 7 nitrogen and oxygen atoms in total. The smallest absolute Gasteiger partial charge is 0.465 e. The summed E-state index contributed by atoms with van der Waals surface area (Å²) in [4.78, 5) is 33.1. The van der Waals surface area contributed by atoms with Crippen molar-refractivity contribution in [2.75, 3.05) is 7.11 Å². The van der Waals surface area contributed by atoms with Crippen LogP contribution in [-0.2, 0) is 14.9 Å². The molecule has 11 heteroatoms. The molecule has 0 aromatic heterocycles. The van der Waals surface area contributed by atoms with E-state index in [1.165, 1.54) is 0 Å². The lowest BCUT2D eigenvalue weighted by molar-refractivity contribution is -0.0500. The molecule has 1 rings (SSSR count). The second-order valence-corrected chi connectivity index (χ2v) is 5.23. The van der Waals surface area contributed by atoms with Crippen molar-refractivity contribution in [1.82, 2.24) is 0 Å². The normalized spacial score (nSPS) is 11.6. The van der Waals surface area contributed by atoms with E-state index in [0.29, 0.717) is 0 Å². The summed E-state index contributed by atoms with van der Waals surface area (Å²) in [6.45, 7) is 0. The Morgan fingerprint density at radius 1 is 1.14 bits per heavy atom. The van der Waals surface area contributed by atoms with Crippen LogP contribution in [-0.4, -0.2) is 39.6 Å². The van der Waals surface area contributed by atoms with Gasteiger partial charge in [-0.2, -0.15) is 21.6 Å². The van der Waals surface area contributed by atoms with E-state index in [4.69, 9.17) is 0 Å². The molecule has 1 aromatic rings. The average molecular weight is 340 g/mol. The third kappa shape index (κ3) is 3.42. The number of esters is 1. The molecular weight excluding hydrogens is 333 g/mol. The number of carbonyl (C=O) groups is 3. The standard InChI is InChI=1S/C11H7F3O7S/c1-20-10(17)6-2-7(4-15)9(8(3-6)5-16)21-22(18,19)11(12,13)14/h2-5H,1H3. The van der Waals surface area contributed by atoms with Crippen LogP contribution in [0.1, 0.15) is 31.1 Å². The Bertz CT molecular complexity index is 693. The van der Waals surface area contributed by atoms with Crippen LogP contribution in [0.15, 0.2) is 12.1 Å². The minimum Gasteiger partial charge on any atom is -0.465 e. The van der Waals surface area contributed by atoms with Gasteiger partial charge in [0.1, 0.15) is 0 Å². The van der Waals surface area contributed by atoms with Crippen molar-refractivity contribution >= 4 is 28.7 Å². The van der Waals surface area contributed by atoms with Crippen LogP contribution in [0.5, 0.6) is 5.75 Å². The number of halogens is 3. The van der Waals surface area contributed by atoms with E-state index < -0.39 is 38.5 Å². The molecule has 0 spiro atoms. The summed E-state index contributed by atoms with van der Waals surface area (Å²) < 4.78 is 66.9. The first-order chi connectivity index (χ1) is 10.1. The number of hydrogen-bond acceptors (Lipinski definition) is 7. The fourth-order valence-corrected chi connectivity index (χ4v) is 1.84. The molecule has 0 amide bonds. The maximum absolute atomic E-state index is 12.3. The highest BCUT2D eigenvalue weighted by Crippen LogP contribution is 2.31. The van der Waals surface area contributed by atoms with Crippen molar-refractivity contribution in [3.63, 3.8) is 0 Å². The van der Waals surface area contributed by atoms with Crippen molar-refractivity contribution in [2.24, 2.45) is 0 Å². The molecule has 0 atom stereocenters. The third-order valence-corrected chi connectivity index (χ3v) is 3.25. The zero-order valence-electron chi connectivity index (χ0n) is 10.7. The van der Waals surface area contributed by atoms with Crippen LogP contribution in [0.4, 0.5) is 13.2 Å². The quantitative estimate of drug-likeness (QED) is 0.345. The molecule has 120 valence electrons. The van der Waals surface area contributed by atoms with Crippen LogP contribution in [0, 0.1) is 0 Å². The minimum absolute atomic E-state index is 0.0688. The fourth-order valence-electron chi connectivity index (χ4n) is 1.34. The summed E-state index contributed by atoms with van der Waals surface area (Å²) in [6, 6.07) is 1.46. The van der Waals surface area contributed by atoms with Gasteiger partial charge in [0.2, 0.25) is 0 Å². The number of benzene rings is 1. The molecule has 0 fully saturated rings. The van der Waals surface area contributed by atoms with Gasteiger partial charge >= 0.3 is 21.6 Å². The highest BCUT2D eigenvalue weighted by atomic mass is 32.2. The van der Waals surface area contributed by atoms with E-state index in [-0.39, 0.29) is 18.1 Å². The summed E-state index contributed by atoms with van der Waals surface area (Å²) in [5, 5.41) is 0. The Morgan fingerprint density at radius 3 is 1.91 bits per heavy atom. The lowest BCUT2D eigenvalue weighted by Gasteiger charge is -2.13.